The van der Waals surface area contributed by atoms with Gasteiger partial charge >= 0.3 is 5.97 Å². The lowest BCUT2D eigenvalue weighted by molar-refractivity contribution is -0.138. The Morgan fingerprint density at radius 2 is 2.09 bits per heavy atom. The van der Waals surface area contributed by atoms with E-state index in [0.29, 0.717) is 18.2 Å². The maximum atomic E-state index is 10.9. The summed E-state index contributed by atoms with van der Waals surface area (Å²) in [6, 6.07) is 1.74. The van der Waals surface area contributed by atoms with Gasteiger partial charge in [0.1, 0.15) is 0 Å². The first-order valence-corrected chi connectivity index (χ1v) is 7.66. The molecule has 0 aromatic carbocycles. The summed E-state index contributed by atoms with van der Waals surface area (Å²) >= 11 is 0. The molecule has 3 rings (SSSR count). The number of carbonyl (C=O) groups is 1. The number of hydrogen-bond donors (Lipinski definition) is 1. The Morgan fingerprint density at radius 1 is 1.36 bits per heavy atom. The Balaban J connectivity index is 1.53. The third-order valence-electron chi connectivity index (χ3n) is 4.52. The van der Waals surface area contributed by atoms with Gasteiger partial charge in [0.15, 0.2) is 0 Å². The van der Waals surface area contributed by atoms with E-state index >= 15 is 0 Å². The smallest absolute Gasteiger partial charge is 0.303 e. The molecular weight excluding hydrogens is 284 g/mol. The van der Waals surface area contributed by atoms with E-state index in [1.165, 1.54) is 0 Å². The summed E-state index contributed by atoms with van der Waals surface area (Å²) in [4.78, 5) is 24.1. The summed E-state index contributed by atoms with van der Waals surface area (Å²) in [7, 11) is 1.60. The summed E-state index contributed by atoms with van der Waals surface area (Å²) in [5, 5.41) is 9.00. The molecule has 1 aromatic heterocycles. The van der Waals surface area contributed by atoms with Crippen molar-refractivity contribution >= 4 is 11.9 Å². The topological polar surface area (TPSA) is 78.8 Å². The number of ether oxygens (including phenoxy) is 1. The lowest BCUT2D eigenvalue weighted by Crippen LogP contribution is -2.48. The molecule has 0 spiro atoms. The van der Waals surface area contributed by atoms with Crippen molar-refractivity contribution in [3.05, 3.63) is 12.3 Å². The quantitative estimate of drug-likeness (QED) is 0.835. The van der Waals surface area contributed by atoms with Crippen LogP contribution in [0.2, 0.25) is 0 Å². The zero-order valence-corrected chi connectivity index (χ0v) is 12.9. The summed E-state index contributed by atoms with van der Waals surface area (Å²) in [6.07, 6.45) is 4.09. The van der Waals surface area contributed by atoms with Crippen LogP contribution in [0.1, 0.15) is 19.3 Å². The molecule has 1 aliphatic heterocycles. The third kappa shape index (κ3) is 3.47. The molecule has 0 bridgehead atoms. The molecule has 1 aromatic rings. The predicted molar refractivity (Wildman–Crippen MR) is 81.2 cm³/mol. The monoisotopic (exact) mass is 306 g/mol. The molecule has 7 heteroatoms. The van der Waals surface area contributed by atoms with E-state index in [-0.39, 0.29) is 5.41 Å². The highest BCUT2D eigenvalue weighted by Crippen LogP contribution is 2.49. The average molecular weight is 306 g/mol. The van der Waals surface area contributed by atoms with Crippen LogP contribution in [0.15, 0.2) is 12.3 Å². The van der Waals surface area contributed by atoms with Crippen LogP contribution in [-0.4, -0.2) is 65.8 Å². The molecule has 120 valence electrons. The number of rotatable bonds is 6. The van der Waals surface area contributed by atoms with Gasteiger partial charge in [0.05, 0.1) is 13.5 Å². The number of hydrogen-bond acceptors (Lipinski definition) is 6. The Bertz CT molecular complexity index is 539. The molecular formula is C15H22N4O3. The van der Waals surface area contributed by atoms with E-state index in [0.717, 1.165) is 45.6 Å². The molecule has 22 heavy (non-hydrogen) atoms. The second-order valence-corrected chi connectivity index (χ2v) is 6.23. The molecule has 2 aliphatic rings. The SMILES string of the molecule is COc1ccnc(N2CCN(CC3(CC(=O)O)CC3)CC2)n1. The first kappa shape index (κ1) is 15.0. The van der Waals surface area contributed by atoms with E-state index in [9.17, 15) is 4.79 Å². The molecule has 1 saturated carbocycles. The largest absolute Gasteiger partial charge is 0.481 e. The number of methoxy groups -OCH3 is 1. The van der Waals surface area contributed by atoms with Crippen LogP contribution in [0.3, 0.4) is 0 Å². The molecule has 7 nitrogen and oxygen atoms in total. The molecule has 0 unspecified atom stereocenters. The maximum Gasteiger partial charge on any atom is 0.303 e. The molecule has 1 N–H and O–H groups in total. The number of piperazine rings is 1. The number of carboxylic acid groups (broad SMARTS) is 1. The minimum absolute atomic E-state index is 0.0282. The number of anilines is 1. The van der Waals surface area contributed by atoms with Crippen LogP contribution in [0.4, 0.5) is 5.95 Å². The standard InChI is InChI=1S/C15H22N4O3/c1-22-12-2-5-16-14(17-12)19-8-6-18(7-9-19)11-15(3-4-15)10-13(20)21/h2,5H,3-4,6-11H2,1H3,(H,20,21). The van der Waals surface area contributed by atoms with Gasteiger partial charge in [0, 0.05) is 45.0 Å². The second kappa shape index (κ2) is 6.08. The number of nitrogens with zero attached hydrogens (tertiary/aromatic N) is 4. The zero-order valence-electron chi connectivity index (χ0n) is 12.9. The van der Waals surface area contributed by atoms with Gasteiger partial charge in [-0.05, 0) is 18.3 Å². The van der Waals surface area contributed by atoms with Gasteiger partial charge in [0.2, 0.25) is 11.8 Å². The highest BCUT2D eigenvalue weighted by atomic mass is 16.5. The minimum atomic E-state index is -0.680. The average Bonchev–Trinajstić information content (AvgIpc) is 3.26. The van der Waals surface area contributed by atoms with Crippen molar-refractivity contribution in [1.29, 1.82) is 0 Å². The molecule has 2 fully saturated rings. The molecule has 0 radical (unpaired) electrons. The van der Waals surface area contributed by atoms with Crippen molar-refractivity contribution < 1.29 is 14.6 Å². The normalized spacial score (nSPS) is 20.7. The zero-order chi connectivity index (χ0) is 15.6. The first-order valence-electron chi connectivity index (χ1n) is 7.66. The van der Waals surface area contributed by atoms with E-state index in [1.807, 2.05) is 0 Å². The maximum absolute atomic E-state index is 10.9. The van der Waals surface area contributed by atoms with Gasteiger partial charge in [-0.25, -0.2) is 4.98 Å². The lowest BCUT2D eigenvalue weighted by atomic mass is 10.0. The first-order chi connectivity index (χ1) is 10.6. The molecule has 1 saturated heterocycles. The van der Waals surface area contributed by atoms with E-state index in [4.69, 9.17) is 9.84 Å². The Morgan fingerprint density at radius 3 is 2.68 bits per heavy atom. The van der Waals surface area contributed by atoms with E-state index in [2.05, 4.69) is 19.8 Å². The van der Waals surface area contributed by atoms with Crippen LogP contribution in [-0.2, 0) is 4.79 Å². The van der Waals surface area contributed by atoms with Crippen molar-refractivity contribution in [2.45, 2.75) is 19.3 Å². The van der Waals surface area contributed by atoms with Gasteiger partial charge in [-0.1, -0.05) is 0 Å². The van der Waals surface area contributed by atoms with Crippen LogP contribution >= 0.6 is 0 Å². The molecule has 0 atom stereocenters. The van der Waals surface area contributed by atoms with Gasteiger partial charge in [-0.3, -0.25) is 9.69 Å². The third-order valence-corrected chi connectivity index (χ3v) is 4.52. The van der Waals surface area contributed by atoms with Crippen molar-refractivity contribution in [3.8, 4) is 5.88 Å². The Hall–Kier alpha value is -1.89. The van der Waals surface area contributed by atoms with Crippen molar-refractivity contribution in [2.24, 2.45) is 5.41 Å². The van der Waals surface area contributed by atoms with Crippen LogP contribution < -0.4 is 9.64 Å². The van der Waals surface area contributed by atoms with Gasteiger partial charge in [-0.15, -0.1) is 0 Å². The fourth-order valence-corrected chi connectivity index (χ4v) is 3.07. The number of aliphatic carboxylic acids is 1. The summed E-state index contributed by atoms with van der Waals surface area (Å²) in [6.45, 7) is 4.45. The Kier molecular flexibility index (Phi) is 4.15. The molecule has 1 aliphatic carbocycles. The fourth-order valence-electron chi connectivity index (χ4n) is 3.07. The second-order valence-electron chi connectivity index (χ2n) is 6.23. The van der Waals surface area contributed by atoms with Crippen molar-refractivity contribution in [1.82, 2.24) is 14.9 Å². The lowest BCUT2D eigenvalue weighted by Gasteiger charge is -2.36. The van der Waals surface area contributed by atoms with Gasteiger partial charge in [0.25, 0.3) is 0 Å². The molecule has 2 heterocycles. The highest BCUT2D eigenvalue weighted by molar-refractivity contribution is 5.68. The molecule has 0 amide bonds. The summed E-state index contributed by atoms with van der Waals surface area (Å²) < 4.78 is 5.13. The van der Waals surface area contributed by atoms with E-state index < -0.39 is 5.97 Å². The van der Waals surface area contributed by atoms with Crippen LogP contribution in [0.25, 0.3) is 0 Å². The van der Waals surface area contributed by atoms with Crippen molar-refractivity contribution in [3.63, 3.8) is 0 Å². The predicted octanol–water partition coefficient (Wildman–Crippen LogP) is 0.862. The van der Waals surface area contributed by atoms with E-state index in [1.54, 1.807) is 19.4 Å². The van der Waals surface area contributed by atoms with Gasteiger partial charge in [-0.2, -0.15) is 4.98 Å². The summed E-state index contributed by atoms with van der Waals surface area (Å²) in [5.41, 5.74) is 0.0282. The Labute approximate surface area is 129 Å². The van der Waals surface area contributed by atoms with Crippen LogP contribution in [0.5, 0.6) is 5.88 Å². The highest BCUT2D eigenvalue weighted by Gasteiger charge is 2.45. The van der Waals surface area contributed by atoms with Gasteiger partial charge < -0.3 is 14.7 Å². The fraction of sp³-hybridized carbons (Fsp3) is 0.667. The minimum Gasteiger partial charge on any atom is -0.481 e. The number of carboxylic acids is 1. The van der Waals surface area contributed by atoms with Crippen molar-refractivity contribution in [2.75, 3.05) is 44.7 Å². The number of aromatic nitrogens is 2. The van der Waals surface area contributed by atoms with Crippen LogP contribution in [0, 0.1) is 5.41 Å². The summed E-state index contributed by atoms with van der Waals surface area (Å²) in [5.74, 6) is 0.595.